The number of hydrogen-bond acceptors (Lipinski definition) is 5. The van der Waals surface area contributed by atoms with E-state index >= 15 is 0 Å². The van der Waals surface area contributed by atoms with Gasteiger partial charge in [-0.3, -0.25) is 14.4 Å². The normalized spacial score (nSPS) is 20.0. The largest absolute Gasteiger partial charge is 0.345 e. The minimum Gasteiger partial charge on any atom is -0.345 e. The number of aromatic nitrogens is 4. The van der Waals surface area contributed by atoms with Crippen LogP contribution in [0.15, 0.2) is 23.0 Å². The molecule has 2 aromatic rings. The Labute approximate surface area is 162 Å². The third kappa shape index (κ3) is 3.32. The van der Waals surface area contributed by atoms with Gasteiger partial charge < -0.3 is 9.80 Å². The Bertz CT molecular complexity index is 988. The Kier molecular flexibility index (Phi) is 4.52. The fourth-order valence-electron chi connectivity index (χ4n) is 3.94. The second-order valence-corrected chi connectivity index (χ2v) is 7.84. The van der Waals surface area contributed by atoms with Crippen LogP contribution in [0.5, 0.6) is 0 Å². The predicted molar refractivity (Wildman–Crippen MR) is 101 cm³/mol. The van der Waals surface area contributed by atoms with Gasteiger partial charge in [-0.05, 0) is 26.0 Å². The van der Waals surface area contributed by atoms with E-state index in [4.69, 9.17) is 0 Å². The first kappa shape index (κ1) is 18.4. The minimum absolute atomic E-state index is 0.0205. The summed E-state index contributed by atoms with van der Waals surface area (Å²) < 4.78 is 3.17. The van der Waals surface area contributed by atoms with Crippen LogP contribution in [0.4, 0.5) is 0 Å². The maximum atomic E-state index is 12.5. The van der Waals surface area contributed by atoms with Crippen molar-refractivity contribution in [1.29, 1.82) is 0 Å². The smallest absolute Gasteiger partial charge is 0.266 e. The zero-order chi connectivity index (χ0) is 20.0. The highest BCUT2D eigenvalue weighted by atomic mass is 16.2. The molecule has 148 valence electrons. The van der Waals surface area contributed by atoms with Crippen molar-refractivity contribution in [1.82, 2.24) is 29.4 Å². The molecule has 0 saturated carbocycles. The molecule has 1 unspecified atom stereocenters. The van der Waals surface area contributed by atoms with Crippen molar-refractivity contribution in [2.45, 2.75) is 26.8 Å². The molecular formula is C19H24N6O3. The Balaban J connectivity index is 1.40. The standard InChI is InChI=1S/C19H24N6O3/c1-12-6-13(2)25(20-12)16-4-5-17(26)24(21-16)10-14-8-23(9-14)19(28)15-7-18(27)22(3)11-15/h4-6,14-15H,7-11H2,1-3H3. The maximum absolute atomic E-state index is 12.5. The fraction of sp³-hybridized carbons (Fsp3) is 0.526. The summed E-state index contributed by atoms with van der Waals surface area (Å²) in [7, 11) is 1.72. The summed E-state index contributed by atoms with van der Waals surface area (Å²) >= 11 is 0. The molecule has 2 saturated heterocycles. The van der Waals surface area contributed by atoms with E-state index in [0.29, 0.717) is 38.4 Å². The Morgan fingerprint density at radius 1 is 1.14 bits per heavy atom. The Morgan fingerprint density at radius 3 is 2.50 bits per heavy atom. The third-order valence-electron chi connectivity index (χ3n) is 5.47. The molecule has 9 nitrogen and oxygen atoms in total. The van der Waals surface area contributed by atoms with Crippen molar-refractivity contribution in [2.75, 3.05) is 26.7 Å². The minimum atomic E-state index is -0.242. The lowest BCUT2D eigenvalue weighted by Gasteiger charge is -2.40. The molecule has 0 spiro atoms. The van der Waals surface area contributed by atoms with Gasteiger partial charge in [0.25, 0.3) is 5.56 Å². The number of rotatable bonds is 4. The molecule has 2 fully saturated rings. The maximum Gasteiger partial charge on any atom is 0.266 e. The Hall–Kier alpha value is -2.97. The van der Waals surface area contributed by atoms with Gasteiger partial charge in [-0.25, -0.2) is 9.36 Å². The number of hydrogen-bond donors (Lipinski definition) is 0. The quantitative estimate of drug-likeness (QED) is 0.739. The molecule has 1 atom stereocenters. The summed E-state index contributed by atoms with van der Waals surface area (Å²) in [4.78, 5) is 39.7. The van der Waals surface area contributed by atoms with Gasteiger partial charge in [0.1, 0.15) is 0 Å². The van der Waals surface area contributed by atoms with E-state index in [2.05, 4.69) is 10.2 Å². The lowest BCUT2D eigenvalue weighted by Crippen LogP contribution is -2.54. The topological polar surface area (TPSA) is 93.3 Å². The molecule has 0 N–H and O–H groups in total. The molecule has 0 aromatic carbocycles. The van der Waals surface area contributed by atoms with Crippen molar-refractivity contribution >= 4 is 11.8 Å². The van der Waals surface area contributed by atoms with Crippen LogP contribution in [0.2, 0.25) is 0 Å². The monoisotopic (exact) mass is 384 g/mol. The first-order valence-corrected chi connectivity index (χ1v) is 9.46. The highest BCUT2D eigenvalue weighted by Crippen LogP contribution is 2.24. The second-order valence-electron chi connectivity index (χ2n) is 7.84. The van der Waals surface area contributed by atoms with Crippen LogP contribution in [0, 0.1) is 25.7 Å². The Morgan fingerprint density at radius 2 is 1.89 bits per heavy atom. The van der Waals surface area contributed by atoms with Gasteiger partial charge in [-0.2, -0.15) is 5.10 Å². The van der Waals surface area contributed by atoms with Crippen molar-refractivity contribution in [3.05, 3.63) is 39.9 Å². The van der Waals surface area contributed by atoms with E-state index < -0.39 is 0 Å². The van der Waals surface area contributed by atoms with E-state index in [1.165, 1.54) is 10.7 Å². The van der Waals surface area contributed by atoms with Gasteiger partial charge in [0.15, 0.2) is 5.82 Å². The average molecular weight is 384 g/mol. The molecule has 4 rings (SSSR count). The summed E-state index contributed by atoms with van der Waals surface area (Å²) in [5, 5.41) is 8.87. The molecule has 4 heterocycles. The summed E-state index contributed by atoms with van der Waals surface area (Å²) in [5.41, 5.74) is 1.67. The number of carbonyl (C=O) groups excluding carboxylic acids is 2. The van der Waals surface area contributed by atoms with Crippen LogP contribution in [0.3, 0.4) is 0 Å². The predicted octanol–water partition coefficient (Wildman–Crippen LogP) is -0.0175. The van der Waals surface area contributed by atoms with Gasteiger partial charge >= 0.3 is 0 Å². The zero-order valence-electron chi connectivity index (χ0n) is 16.3. The number of amides is 2. The van der Waals surface area contributed by atoms with Gasteiger partial charge in [-0.15, -0.1) is 5.10 Å². The summed E-state index contributed by atoms with van der Waals surface area (Å²) in [5.74, 6) is 0.594. The lowest BCUT2D eigenvalue weighted by molar-refractivity contribution is -0.142. The number of nitrogens with zero attached hydrogens (tertiary/aromatic N) is 6. The van der Waals surface area contributed by atoms with Crippen LogP contribution in [-0.4, -0.2) is 67.9 Å². The summed E-state index contributed by atoms with van der Waals surface area (Å²) in [6.07, 6.45) is 0.294. The van der Waals surface area contributed by atoms with Gasteiger partial charge in [0.2, 0.25) is 11.8 Å². The first-order valence-electron chi connectivity index (χ1n) is 9.46. The molecular weight excluding hydrogens is 360 g/mol. The van der Waals surface area contributed by atoms with Crippen LogP contribution in [0.1, 0.15) is 17.8 Å². The van der Waals surface area contributed by atoms with Gasteiger partial charge in [-0.1, -0.05) is 0 Å². The molecule has 0 bridgehead atoms. The zero-order valence-corrected chi connectivity index (χ0v) is 16.3. The molecule has 28 heavy (non-hydrogen) atoms. The van der Waals surface area contributed by atoms with E-state index in [1.54, 1.807) is 27.6 Å². The molecule has 2 aromatic heterocycles. The van der Waals surface area contributed by atoms with Crippen LogP contribution >= 0.6 is 0 Å². The van der Waals surface area contributed by atoms with E-state index in [1.807, 2.05) is 19.9 Å². The van der Waals surface area contributed by atoms with Crippen molar-refractivity contribution in [2.24, 2.45) is 11.8 Å². The number of likely N-dealkylation sites (tertiary alicyclic amines) is 2. The highest BCUT2D eigenvalue weighted by Gasteiger charge is 2.39. The summed E-state index contributed by atoms with van der Waals surface area (Å²) in [6, 6.07) is 5.13. The van der Waals surface area contributed by atoms with Crippen molar-refractivity contribution in [3.63, 3.8) is 0 Å². The second kappa shape index (κ2) is 6.88. The van der Waals surface area contributed by atoms with Gasteiger partial charge in [0, 0.05) is 50.8 Å². The molecule has 2 aliphatic rings. The van der Waals surface area contributed by atoms with Crippen LogP contribution in [0.25, 0.3) is 5.82 Å². The van der Waals surface area contributed by atoms with E-state index in [9.17, 15) is 14.4 Å². The molecule has 2 aliphatic heterocycles. The molecule has 0 aliphatic carbocycles. The number of aryl methyl sites for hydroxylation is 2. The average Bonchev–Trinajstić information content (AvgIpc) is 3.13. The molecule has 2 amide bonds. The summed E-state index contributed by atoms with van der Waals surface area (Å²) in [6.45, 7) is 5.98. The van der Waals surface area contributed by atoms with Crippen LogP contribution in [-0.2, 0) is 16.1 Å². The van der Waals surface area contributed by atoms with E-state index in [-0.39, 0.29) is 29.2 Å². The molecule has 9 heteroatoms. The number of carbonyl (C=O) groups is 2. The highest BCUT2D eigenvalue weighted by molar-refractivity contribution is 5.89. The fourth-order valence-corrected chi connectivity index (χ4v) is 3.94. The van der Waals surface area contributed by atoms with E-state index in [0.717, 1.165) is 11.4 Å². The van der Waals surface area contributed by atoms with Crippen molar-refractivity contribution < 1.29 is 9.59 Å². The lowest BCUT2D eigenvalue weighted by atomic mass is 9.96. The van der Waals surface area contributed by atoms with Crippen LogP contribution < -0.4 is 5.56 Å². The third-order valence-corrected chi connectivity index (χ3v) is 5.47. The van der Waals surface area contributed by atoms with Gasteiger partial charge in [0.05, 0.1) is 18.2 Å². The SMILES string of the molecule is Cc1cc(C)n(-c2ccc(=O)n(CC3CN(C(=O)C4CC(=O)N(C)C4)C3)n2)n1. The molecule has 0 radical (unpaired) electrons. The van der Waals surface area contributed by atoms with Crippen molar-refractivity contribution in [3.8, 4) is 5.82 Å². The first-order chi connectivity index (χ1) is 13.3.